The van der Waals surface area contributed by atoms with Gasteiger partial charge in [-0.05, 0) is 42.0 Å². The van der Waals surface area contributed by atoms with Crippen LogP contribution in [0.1, 0.15) is 22.4 Å². The van der Waals surface area contributed by atoms with Crippen molar-refractivity contribution in [1.29, 1.82) is 0 Å². The molecule has 0 amide bonds. The summed E-state index contributed by atoms with van der Waals surface area (Å²) >= 11 is 1.83. The molecule has 0 aliphatic carbocycles. The van der Waals surface area contributed by atoms with Crippen LogP contribution < -0.4 is 5.32 Å². The van der Waals surface area contributed by atoms with Gasteiger partial charge in [0.05, 0.1) is 0 Å². The lowest BCUT2D eigenvalue weighted by molar-refractivity contribution is 0.269. The molecule has 0 spiro atoms. The fraction of sp³-hybridized carbons (Fsp3) is 0.412. The standard InChI is InChI=1S/C17H22N2S/c1-2-6-16-14-19(10-3-7-15(16)5-1)11-9-18-13-17-8-4-12-20-17/h1-2,4-6,8,12,18H,3,7,9-11,13-14H2. The maximum absolute atomic E-state index is 3.55. The fourth-order valence-electron chi connectivity index (χ4n) is 2.82. The molecule has 0 radical (unpaired) electrons. The highest BCUT2D eigenvalue weighted by Crippen LogP contribution is 2.17. The summed E-state index contributed by atoms with van der Waals surface area (Å²) in [5.74, 6) is 0. The number of aryl methyl sites for hydroxylation is 1. The summed E-state index contributed by atoms with van der Waals surface area (Å²) in [5.41, 5.74) is 3.06. The van der Waals surface area contributed by atoms with Crippen LogP contribution in [0.5, 0.6) is 0 Å². The van der Waals surface area contributed by atoms with E-state index in [2.05, 4.69) is 52.0 Å². The van der Waals surface area contributed by atoms with Gasteiger partial charge in [0.15, 0.2) is 0 Å². The molecule has 2 nitrogen and oxygen atoms in total. The Bertz CT molecular complexity index is 522. The Balaban J connectivity index is 1.46. The molecule has 1 aromatic carbocycles. The smallest absolute Gasteiger partial charge is 0.0300 e. The Kier molecular flexibility index (Phi) is 4.85. The molecule has 1 aliphatic heterocycles. The van der Waals surface area contributed by atoms with E-state index in [1.54, 1.807) is 5.56 Å². The van der Waals surface area contributed by atoms with Gasteiger partial charge in [-0.25, -0.2) is 0 Å². The molecule has 1 aromatic heterocycles. The number of benzene rings is 1. The zero-order valence-corrected chi connectivity index (χ0v) is 12.7. The van der Waals surface area contributed by atoms with Gasteiger partial charge in [-0.3, -0.25) is 4.90 Å². The third-order valence-corrected chi connectivity index (χ3v) is 4.79. The maximum Gasteiger partial charge on any atom is 0.0300 e. The van der Waals surface area contributed by atoms with Crippen molar-refractivity contribution < 1.29 is 0 Å². The molecule has 3 heteroatoms. The molecule has 0 atom stereocenters. The zero-order valence-electron chi connectivity index (χ0n) is 11.8. The first-order valence-corrected chi connectivity index (χ1v) is 8.32. The van der Waals surface area contributed by atoms with E-state index in [0.29, 0.717) is 0 Å². The maximum atomic E-state index is 3.55. The highest BCUT2D eigenvalue weighted by molar-refractivity contribution is 7.09. The third kappa shape index (κ3) is 3.69. The molecule has 1 N–H and O–H groups in total. The number of hydrogen-bond donors (Lipinski definition) is 1. The first kappa shape index (κ1) is 13.8. The summed E-state index contributed by atoms with van der Waals surface area (Å²) in [6.07, 6.45) is 2.51. The molecule has 0 saturated carbocycles. The van der Waals surface area contributed by atoms with Crippen LogP contribution in [0.3, 0.4) is 0 Å². The minimum atomic E-state index is 1.00. The number of hydrogen-bond acceptors (Lipinski definition) is 3. The third-order valence-electron chi connectivity index (χ3n) is 3.92. The minimum absolute atomic E-state index is 1.00. The average molecular weight is 286 g/mol. The molecular formula is C17H22N2S. The Morgan fingerprint density at radius 1 is 1.10 bits per heavy atom. The van der Waals surface area contributed by atoms with Crippen molar-refractivity contribution in [3.05, 3.63) is 57.8 Å². The van der Waals surface area contributed by atoms with E-state index < -0.39 is 0 Å². The van der Waals surface area contributed by atoms with Gasteiger partial charge in [-0.2, -0.15) is 0 Å². The van der Waals surface area contributed by atoms with E-state index in [-0.39, 0.29) is 0 Å². The van der Waals surface area contributed by atoms with Crippen molar-refractivity contribution in [1.82, 2.24) is 10.2 Å². The highest BCUT2D eigenvalue weighted by atomic mass is 32.1. The van der Waals surface area contributed by atoms with E-state index in [4.69, 9.17) is 0 Å². The number of nitrogens with zero attached hydrogens (tertiary/aromatic N) is 1. The Morgan fingerprint density at radius 3 is 2.85 bits per heavy atom. The summed E-state index contributed by atoms with van der Waals surface area (Å²) < 4.78 is 0. The van der Waals surface area contributed by atoms with Gasteiger partial charge < -0.3 is 5.32 Å². The average Bonchev–Trinajstić information content (AvgIpc) is 2.89. The van der Waals surface area contributed by atoms with Crippen LogP contribution in [0.4, 0.5) is 0 Å². The number of rotatable bonds is 5. The predicted octanol–water partition coefficient (Wildman–Crippen LogP) is 3.29. The van der Waals surface area contributed by atoms with Crippen molar-refractivity contribution in [2.75, 3.05) is 19.6 Å². The zero-order chi connectivity index (χ0) is 13.6. The SMILES string of the molecule is c1csc(CNCCN2CCCc3ccccc3C2)c1. The van der Waals surface area contributed by atoms with E-state index in [1.807, 2.05) is 11.3 Å². The topological polar surface area (TPSA) is 15.3 Å². The Morgan fingerprint density at radius 2 is 2.00 bits per heavy atom. The minimum Gasteiger partial charge on any atom is -0.311 e. The summed E-state index contributed by atoms with van der Waals surface area (Å²) in [5, 5.41) is 5.69. The highest BCUT2D eigenvalue weighted by Gasteiger charge is 2.13. The van der Waals surface area contributed by atoms with Crippen LogP contribution in [0, 0.1) is 0 Å². The second-order valence-corrected chi connectivity index (χ2v) is 6.44. The molecular weight excluding hydrogens is 264 g/mol. The van der Waals surface area contributed by atoms with Gasteiger partial charge >= 0.3 is 0 Å². The van der Waals surface area contributed by atoms with Gasteiger partial charge in [-0.1, -0.05) is 30.3 Å². The molecule has 20 heavy (non-hydrogen) atoms. The summed E-state index contributed by atoms with van der Waals surface area (Å²) in [4.78, 5) is 4.00. The molecule has 0 bridgehead atoms. The van der Waals surface area contributed by atoms with E-state index >= 15 is 0 Å². The fourth-order valence-corrected chi connectivity index (χ4v) is 3.50. The monoisotopic (exact) mass is 286 g/mol. The van der Waals surface area contributed by atoms with Crippen LogP contribution in [0.15, 0.2) is 41.8 Å². The molecule has 3 rings (SSSR count). The molecule has 0 saturated heterocycles. The lowest BCUT2D eigenvalue weighted by Gasteiger charge is -2.20. The molecule has 2 aromatic rings. The summed E-state index contributed by atoms with van der Waals surface area (Å²) in [7, 11) is 0. The Labute approximate surface area is 125 Å². The van der Waals surface area contributed by atoms with Gasteiger partial charge in [0.2, 0.25) is 0 Å². The normalized spacial score (nSPS) is 15.8. The van der Waals surface area contributed by atoms with Gasteiger partial charge in [-0.15, -0.1) is 11.3 Å². The number of nitrogens with one attached hydrogen (secondary N) is 1. The molecule has 0 fully saturated rings. The van der Waals surface area contributed by atoms with E-state index in [1.165, 1.54) is 29.8 Å². The quantitative estimate of drug-likeness (QED) is 0.849. The van der Waals surface area contributed by atoms with Crippen molar-refractivity contribution in [2.45, 2.75) is 25.9 Å². The predicted molar refractivity (Wildman–Crippen MR) is 86.1 cm³/mol. The van der Waals surface area contributed by atoms with Crippen LogP contribution in [0.2, 0.25) is 0 Å². The molecule has 1 aliphatic rings. The lowest BCUT2D eigenvalue weighted by Crippen LogP contribution is -2.31. The van der Waals surface area contributed by atoms with Crippen LogP contribution in [-0.2, 0) is 19.5 Å². The van der Waals surface area contributed by atoms with Gasteiger partial charge in [0, 0.05) is 31.1 Å². The van der Waals surface area contributed by atoms with Crippen molar-refractivity contribution >= 4 is 11.3 Å². The second-order valence-electron chi connectivity index (χ2n) is 5.40. The lowest BCUT2D eigenvalue weighted by atomic mass is 10.0. The Hall–Kier alpha value is -1.16. The van der Waals surface area contributed by atoms with E-state index in [0.717, 1.165) is 26.2 Å². The van der Waals surface area contributed by atoms with Crippen molar-refractivity contribution in [3.8, 4) is 0 Å². The molecule has 106 valence electrons. The van der Waals surface area contributed by atoms with Crippen molar-refractivity contribution in [2.24, 2.45) is 0 Å². The molecule has 0 unspecified atom stereocenters. The first-order chi connectivity index (χ1) is 9.92. The summed E-state index contributed by atoms with van der Waals surface area (Å²) in [6, 6.07) is 13.2. The second kappa shape index (κ2) is 7.02. The van der Waals surface area contributed by atoms with Crippen LogP contribution >= 0.6 is 11.3 Å². The molecule has 2 heterocycles. The van der Waals surface area contributed by atoms with Crippen LogP contribution in [-0.4, -0.2) is 24.5 Å². The van der Waals surface area contributed by atoms with Crippen molar-refractivity contribution in [3.63, 3.8) is 0 Å². The first-order valence-electron chi connectivity index (χ1n) is 7.44. The van der Waals surface area contributed by atoms with Gasteiger partial charge in [0.1, 0.15) is 0 Å². The number of thiophene rings is 1. The summed E-state index contributed by atoms with van der Waals surface area (Å²) in [6.45, 7) is 5.54. The van der Waals surface area contributed by atoms with Crippen LogP contribution in [0.25, 0.3) is 0 Å². The van der Waals surface area contributed by atoms with Gasteiger partial charge in [0.25, 0.3) is 0 Å². The number of fused-ring (bicyclic) bond motifs is 1. The largest absolute Gasteiger partial charge is 0.311 e. The van der Waals surface area contributed by atoms with E-state index in [9.17, 15) is 0 Å².